The largest absolute Gasteiger partial charge is 0.493 e. The highest BCUT2D eigenvalue weighted by Crippen LogP contribution is 2.30. The number of fused-ring (bicyclic) bond motifs is 1. The predicted octanol–water partition coefficient (Wildman–Crippen LogP) is 3.96. The minimum Gasteiger partial charge on any atom is -0.493 e. The molecule has 26 heavy (non-hydrogen) atoms. The van der Waals surface area contributed by atoms with Gasteiger partial charge in [0.1, 0.15) is 17.9 Å². The first-order valence-corrected chi connectivity index (χ1v) is 9.54. The molecule has 0 radical (unpaired) electrons. The van der Waals surface area contributed by atoms with Crippen LogP contribution in [0.15, 0.2) is 36.9 Å². The Hall–Kier alpha value is -2.63. The van der Waals surface area contributed by atoms with Crippen molar-refractivity contribution in [1.82, 2.24) is 19.5 Å². The molecule has 0 unspecified atom stereocenters. The van der Waals surface area contributed by atoms with Gasteiger partial charge >= 0.3 is 0 Å². The van der Waals surface area contributed by atoms with Crippen LogP contribution in [0.5, 0.6) is 5.75 Å². The van der Waals surface area contributed by atoms with E-state index in [2.05, 4.69) is 15.3 Å². The summed E-state index contributed by atoms with van der Waals surface area (Å²) < 4.78 is 7.84. The molecule has 2 heterocycles. The summed E-state index contributed by atoms with van der Waals surface area (Å²) in [5.74, 6) is 3.24. The lowest BCUT2D eigenvalue weighted by molar-refractivity contribution is 0.300. The van der Waals surface area contributed by atoms with Crippen molar-refractivity contribution in [1.29, 1.82) is 0 Å². The van der Waals surface area contributed by atoms with E-state index in [1.807, 2.05) is 22.8 Å². The average Bonchev–Trinajstić information content (AvgIpc) is 3.18. The van der Waals surface area contributed by atoms with Crippen LogP contribution >= 0.6 is 0 Å². The van der Waals surface area contributed by atoms with Gasteiger partial charge in [0.15, 0.2) is 5.82 Å². The van der Waals surface area contributed by atoms with Gasteiger partial charge in [-0.1, -0.05) is 12.8 Å². The Balaban J connectivity index is 1.39. The Bertz CT molecular complexity index is 911. The normalized spacial score (nSPS) is 17.7. The van der Waals surface area contributed by atoms with Crippen LogP contribution in [0.1, 0.15) is 38.5 Å². The highest BCUT2D eigenvalue weighted by Gasteiger charge is 2.22. The Morgan fingerprint density at radius 3 is 2.85 bits per heavy atom. The number of anilines is 1. The Labute approximate surface area is 152 Å². The van der Waals surface area contributed by atoms with Crippen molar-refractivity contribution in [3.63, 3.8) is 0 Å². The summed E-state index contributed by atoms with van der Waals surface area (Å²) in [6, 6.07) is 6.58. The molecule has 6 heteroatoms. The Morgan fingerprint density at radius 1 is 1.12 bits per heavy atom. The van der Waals surface area contributed by atoms with E-state index in [0.717, 1.165) is 40.9 Å². The first-order chi connectivity index (χ1) is 12.8. The van der Waals surface area contributed by atoms with Crippen LogP contribution in [-0.4, -0.2) is 32.2 Å². The lowest BCUT2D eigenvalue weighted by Gasteiger charge is -2.13. The van der Waals surface area contributed by atoms with Crippen molar-refractivity contribution in [3.8, 4) is 11.6 Å². The molecule has 0 amide bonds. The van der Waals surface area contributed by atoms with Crippen LogP contribution in [-0.2, 0) is 0 Å². The monoisotopic (exact) mass is 349 g/mol. The maximum atomic E-state index is 5.86. The van der Waals surface area contributed by atoms with Crippen molar-refractivity contribution in [2.24, 2.45) is 5.92 Å². The number of nitrogens with one attached hydrogen (secondary N) is 1. The zero-order valence-corrected chi connectivity index (χ0v) is 14.8. The molecule has 2 fully saturated rings. The van der Waals surface area contributed by atoms with E-state index in [1.54, 1.807) is 18.7 Å². The number of imidazole rings is 1. The fraction of sp³-hybridized carbons (Fsp3) is 0.450. The van der Waals surface area contributed by atoms with E-state index in [4.69, 9.17) is 9.72 Å². The van der Waals surface area contributed by atoms with Gasteiger partial charge in [0, 0.05) is 12.1 Å². The molecule has 2 saturated carbocycles. The van der Waals surface area contributed by atoms with E-state index >= 15 is 0 Å². The van der Waals surface area contributed by atoms with E-state index in [-0.39, 0.29) is 0 Å². The van der Waals surface area contributed by atoms with E-state index in [9.17, 15) is 0 Å². The zero-order valence-electron chi connectivity index (χ0n) is 14.8. The quantitative estimate of drug-likeness (QED) is 0.730. The van der Waals surface area contributed by atoms with Crippen LogP contribution in [0.4, 0.5) is 5.82 Å². The highest BCUT2D eigenvalue weighted by atomic mass is 16.5. The van der Waals surface area contributed by atoms with E-state index in [1.165, 1.54) is 38.5 Å². The van der Waals surface area contributed by atoms with Crippen LogP contribution in [0.25, 0.3) is 16.9 Å². The Kier molecular flexibility index (Phi) is 3.96. The van der Waals surface area contributed by atoms with Crippen molar-refractivity contribution in [3.05, 3.63) is 36.9 Å². The van der Waals surface area contributed by atoms with Crippen LogP contribution in [0.3, 0.4) is 0 Å². The van der Waals surface area contributed by atoms with Gasteiger partial charge in [-0.3, -0.25) is 9.55 Å². The van der Waals surface area contributed by atoms with Gasteiger partial charge < -0.3 is 10.1 Å². The molecule has 1 aromatic carbocycles. The third kappa shape index (κ3) is 3.23. The second-order valence-electron chi connectivity index (χ2n) is 7.41. The molecule has 0 bridgehead atoms. The summed E-state index contributed by atoms with van der Waals surface area (Å²) >= 11 is 0. The smallest absolute Gasteiger partial charge is 0.159 e. The highest BCUT2D eigenvalue weighted by molar-refractivity contribution is 5.78. The summed E-state index contributed by atoms with van der Waals surface area (Å²) in [7, 11) is 0. The standard InChI is InChI=1S/C20H23N5O/c1-2-4-15(3-1)23-19-10-21-11-20(24-19)25-13-22-17-9-16(7-8-18(17)25)26-12-14-5-6-14/h7-11,13-15H,1-6,12H2,(H,23,24). The third-order valence-corrected chi connectivity index (χ3v) is 5.28. The Morgan fingerprint density at radius 2 is 2.00 bits per heavy atom. The van der Waals surface area contributed by atoms with Crippen LogP contribution in [0.2, 0.25) is 0 Å². The summed E-state index contributed by atoms with van der Waals surface area (Å²) in [5.41, 5.74) is 1.92. The number of hydrogen-bond donors (Lipinski definition) is 1. The van der Waals surface area contributed by atoms with Crippen molar-refractivity contribution in [2.75, 3.05) is 11.9 Å². The predicted molar refractivity (Wildman–Crippen MR) is 101 cm³/mol. The van der Waals surface area contributed by atoms with E-state index < -0.39 is 0 Å². The number of benzene rings is 1. The molecule has 0 spiro atoms. The molecule has 6 nitrogen and oxygen atoms in total. The van der Waals surface area contributed by atoms with Gasteiger partial charge in [-0.2, -0.15) is 0 Å². The number of ether oxygens (including phenoxy) is 1. The molecule has 134 valence electrons. The number of hydrogen-bond acceptors (Lipinski definition) is 5. The molecule has 3 aromatic rings. The summed E-state index contributed by atoms with van der Waals surface area (Å²) in [5, 5.41) is 3.51. The number of aromatic nitrogens is 4. The van der Waals surface area contributed by atoms with Gasteiger partial charge in [-0.05, 0) is 43.7 Å². The van der Waals surface area contributed by atoms with Gasteiger partial charge in [-0.15, -0.1) is 0 Å². The minimum atomic E-state index is 0.519. The molecule has 0 atom stereocenters. The molecule has 0 aliphatic heterocycles. The molecule has 2 aliphatic rings. The second kappa shape index (κ2) is 6.59. The third-order valence-electron chi connectivity index (χ3n) is 5.28. The summed E-state index contributed by atoms with van der Waals surface area (Å²) in [6.45, 7) is 0.812. The minimum absolute atomic E-state index is 0.519. The fourth-order valence-electron chi connectivity index (χ4n) is 3.58. The van der Waals surface area contributed by atoms with Crippen molar-refractivity contribution < 1.29 is 4.74 Å². The molecule has 0 saturated heterocycles. The first-order valence-electron chi connectivity index (χ1n) is 9.54. The number of nitrogens with zero attached hydrogens (tertiary/aromatic N) is 4. The molecule has 2 aliphatic carbocycles. The topological polar surface area (TPSA) is 64.9 Å². The maximum Gasteiger partial charge on any atom is 0.159 e. The van der Waals surface area contributed by atoms with Gasteiger partial charge in [0.05, 0.1) is 30.0 Å². The van der Waals surface area contributed by atoms with Crippen molar-refractivity contribution >= 4 is 16.9 Å². The second-order valence-corrected chi connectivity index (χ2v) is 7.41. The summed E-state index contributed by atoms with van der Waals surface area (Å²) in [4.78, 5) is 13.6. The van der Waals surface area contributed by atoms with Crippen LogP contribution < -0.4 is 10.1 Å². The number of rotatable bonds is 6. The first kappa shape index (κ1) is 15.6. The zero-order chi connectivity index (χ0) is 17.3. The summed E-state index contributed by atoms with van der Waals surface area (Å²) in [6.07, 6.45) is 13.0. The lowest BCUT2D eigenvalue weighted by Crippen LogP contribution is -2.16. The molecule has 2 aromatic heterocycles. The molecule has 5 rings (SSSR count). The molecular weight excluding hydrogens is 326 g/mol. The fourth-order valence-corrected chi connectivity index (χ4v) is 3.58. The maximum absolute atomic E-state index is 5.86. The van der Waals surface area contributed by atoms with Crippen LogP contribution in [0, 0.1) is 5.92 Å². The molecular formula is C20H23N5O. The van der Waals surface area contributed by atoms with Gasteiger partial charge in [-0.25, -0.2) is 9.97 Å². The van der Waals surface area contributed by atoms with Crippen molar-refractivity contribution in [2.45, 2.75) is 44.6 Å². The van der Waals surface area contributed by atoms with E-state index in [0.29, 0.717) is 6.04 Å². The molecule has 1 N–H and O–H groups in total. The van der Waals surface area contributed by atoms with Gasteiger partial charge in [0.25, 0.3) is 0 Å². The average molecular weight is 349 g/mol. The lowest BCUT2D eigenvalue weighted by atomic mass is 10.2. The van der Waals surface area contributed by atoms with Gasteiger partial charge in [0.2, 0.25) is 0 Å². The SMILES string of the molecule is c1cc2c(cc1OCC1CC1)ncn2-c1cncc(NC2CCCC2)n1.